The third-order valence-electron chi connectivity index (χ3n) is 5.94. The fourth-order valence-corrected chi connectivity index (χ4v) is 4.36. The largest absolute Gasteiger partial charge is 0.497 e. The van der Waals surface area contributed by atoms with Crippen LogP contribution in [0.2, 0.25) is 5.02 Å². The number of methoxy groups -OCH3 is 1. The number of benzodiazepines with no additional fused rings is 1. The molecule has 0 amide bonds. The first-order chi connectivity index (χ1) is 16.4. The molecule has 0 saturated carbocycles. The third-order valence-corrected chi connectivity index (χ3v) is 6.19. The number of carbonyl (C=O) groups is 1. The van der Waals surface area contributed by atoms with Crippen LogP contribution in [0.3, 0.4) is 0 Å². The number of benzene rings is 2. The summed E-state index contributed by atoms with van der Waals surface area (Å²) in [6, 6.07) is 11.9. The second kappa shape index (κ2) is 10.4. The number of rotatable bonds is 5. The molecule has 0 aromatic heterocycles. The number of anilines is 1. The zero-order valence-corrected chi connectivity index (χ0v) is 20.0. The molecule has 0 bridgehead atoms. The Balaban J connectivity index is 1.77. The highest BCUT2D eigenvalue weighted by atomic mass is 35.5. The summed E-state index contributed by atoms with van der Waals surface area (Å²) < 4.78 is 11.1. The van der Waals surface area contributed by atoms with Crippen LogP contribution in [0.25, 0.3) is 0 Å². The van der Waals surface area contributed by atoms with Gasteiger partial charge in [0.25, 0.3) is 0 Å². The van der Waals surface area contributed by atoms with Gasteiger partial charge in [-0.2, -0.15) is 0 Å². The van der Waals surface area contributed by atoms with Gasteiger partial charge in [0.2, 0.25) is 0 Å². The van der Waals surface area contributed by atoms with Crippen LogP contribution in [0.1, 0.15) is 37.3 Å². The minimum atomic E-state index is -0.821. The highest BCUT2D eigenvalue weighted by Crippen LogP contribution is 2.33. The van der Waals surface area contributed by atoms with E-state index in [0.717, 1.165) is 31.5 Å². The lowest BCUT2D eigenvalue weighted by molar-refractivity contribution is -0.150. The van der Waals surface area contributed by atoms with Gasteiger partial charge in [-0.25, -0.2) is 0 Å². The number of esters is 1. The van der Waals surface area contributed by atoms with Crippen molar-refractivity contribution in [1.82, 2.24) is 5.32 Å². The third kappa shape index (κ3) is 5.13. The van der Waals surface area contributed by atoms with Gasteiger partial charge in [-0.15, -0.1) is 0 Å². The molecule has 178 valence electrons. The molecule has 34 heavy (non-hydrogen) atoms. The van der Waals surface area contributed by atoms with E-state index in [-0.39, 0.29) is 24.2 Å². The number of amidine groups is 2. The normalized spacial score (nSPS) is 18.6. The summed E-state index contributed by atoms with van der Waals surface area (Å²) in [6.07, 6.45) is 1.32. The van der Waals surface area contributed by atoms with Crippen molar-refractivity contribution in [3.05, 3.63) is 58.6 Å². The zero-order valence-electron chi connectivity index (χ0n) is 19.2. The molecular weight excluding hydrogens is 454 g/mol. The first kappa shape index (κ1) is 23.9. The summed E-state index contributed by atoms with van der Waals surface area (Å²) in [4.78, 5) is 19.3. The Kier molecular flexibility index (Phi) is 7.29. The minimum absolute atomic E-state index is 0.0464. The van der Waals surface area contributed by atoms with Crippen LogP contribution < -0.4 is 15.0 Å². The molecule has 2 heterocycles. The van der Waals surface area contributed by atoms with Crippen LogP contribution in [0.15, 0.2) is 47.5 Å². The summed E-state index contributed by atoms with van der Waals surface area (Å²) in [7, 11) is 1.58. The molecule has 4 rings (SSSR count). The predicted molar refractivity (Wildman–Crippen MR) is 134 cm³/mol. The van der Waals surface area contributed by atoms with E-state index < -0.39 is 12.0 Å². The fraction of sp³-hybridized carbons (Fsp3) is 0.360. The molecule has 3 N–H and O–H groups in total. The van der Waals surface area contributed by atoms with Crippen LogP contribution in [0.4, 0.5) is 5.69 Å². The van der Waals surface area contributed by atoms with Crippen molar-refractivity contribution >= 4 is 40.6 Å². The number of carbonyl (C=O) groups excluding carboxylic acids is 1. The highest BCUT2D eigenvalue weighted by molar-refractivity contribution is 6.31. The van der Waals surface area contributed by atoms with E-state index in [4.69, 9.17) is 36.9 Å². The molecule has 9 heteroatoms. The molecule has 1 atom stereocenters. The van der Waals surface area contributed by atoms with Crippen LogP contribution in [0, 0.1) is 10.8 Å². The predicted octanol–water partition coefficient (Wildman–Crippen LogP) is 4.03. The van der Waals surface area contributed by atoms with E-state index >= 15 is 0 Å². The number of fused-ring (bicyclic) bond motifs is 1. The van der Waals surface area contributed by atoms with Crippen LogP contribution in [-0.4, -0.2) is 55.7 Å². The second-order valence-corrected chi connectivity index (χ2v) is 8.77. The summed E-state index contributed by atoms with van der Waals surface area (Å²) in [6.45, 7) is 3.24. The van der Waals surface area contributed by atoms with Crippen molar-refractivity contribution < 1.29 is 14.3 Å². The lowest BCUT2D eigenvalue weighted by Crippen LogP contribution is -2.42. The van der Waals surface area contributed by atoms with Gasteiger partial charge in [-0.05, 0) is 63.2 Å². The molecule has 0 spiro atoms. The van der Waals surface area contributed by atoms with E-state index in [9.17, 15) is 4.79 Å². The molecule has 1 saturated heterocycles. The van der Waals surface area contributed by atoms with Crippen molar-refractivity contribution in [2.45, 2.75) is 38.3 Å². The van der Waals surface area contributed by atoms with Crippen molar-refractivity contribution in [1.29, 1.82) is 10.8 Å². The SMILES string of the molecule is COc1ccc2c(c1)C(c1ccc(Cl)cc1)=NC(CC(=O)OC1CCNCC1)C(=N)N2C(C)=N. The molecule has 8 nitrogen and oxygen atoms in total. The van der Waals surface area contributed by atoms with Gasteiger partial charge in [0.15, 0.2) is 0 Å². The number of aliphatic imine (C=N–C) groups is 1. The van der Waals surface area contributed by atoms with Crippen molar-refractivity contribution in [3.8, 4) is 5.75 Å². The maximum Gasteiger partial charge on any atom is 0.308 e. The van der Waals surface area contributed by atoms with E-state index in [1.165, 1.54) is 4.90 Å². The first-order valence-corrected chi connectivity index (χ1v) is 11.6. The number of ether oxygens (including phenoxy) is 2. The summed E-state index contributed by atoms with van der Waals surface area (Å²) in [5.41, 5.74) is 2.71. The lowest BCUT2D eigenvalue weighted by Gasteiger charge is -2.27. The Bertz CT molecular complexity index is 1130. The Morgan fingerprint density at radius 3 is 2.56 bits per heavy atom. The van der Waals surface area contributed by atoms with Crippen molar-refractivity contribution in [2.24, 2.45) is 4.99 Å². The van der Waals surface area contributed by atoms with E-state index in [0.29, 0.717) is 27.7 Å². The Morgan fingerprint density at radius 1 is 1.21 bits per heavy atom. The number of halogens is 1. The molecule has 1 fully saturated rings. The molecule has 2 aromatic rings. The Morgan fingerprint density at radius 2 is 1.91 bits per heavy atom. The molecule has 1 unspecified atom stereocenters. The Hall–Kier alpha value is -3.23. The Labute approximate surface area is 203 Å². The summed E-state index contributed by atoms with van der Waals surface area (Å²) >= 11 is 6.11. The van der Waals surface area contributed by atoms with Crippen LogP contribution >= 0.6 is 11.6 Å². The van der Waals surface area contributed by atoms with Crippen LogP contribution in [-0.2, 0) is 9.53 Å². The second-order valence-electron chi connectivity index (χ2n) is 8.33. The first-order valence-electron chi connectivity index (χ1n) is 11.2. The van der Waals surface area contributed by atoms with Gasteiger partial charge >= 0.3 is 5.97 Å². The molecule has 0 aliphatic carbocycles. The van der Waals surface area contributed by atoms with Gasteiger partial charge in [0, 0.05) is 16.1 Å². The van der Waals surface area contributed by atoms with Crippen LogP contribution in [0.5, 0.6) is 5.75 Å². The van der Waals surface area contributed by atoms with Gasteiger partial charge in [-0.1, -0.05) is 23.7 Å². The number of nitrogens with one attached hydrogen (secondary N) is 3. The van der Waals surface area contributed by atoms with E-state index in [2.05, 4.69) is 5.32 Å². The standard InChI is InChI=1S/C25H28ClN5O3/c1-15(27)31-22-8-7-19(33-2)13-20(22)24(16-3-5-17(26)6-4-16)30-21(25(31)28)14-23(32)34-18-9-11-29-12-10-18/h3-8,13,18,21,27-29H,9-12,14H2,1-2H3. The number of piperidine rings is 1. The lowest BCUT2D eigenvalue weighted by atomic mass is 9.99. The van der Waals surface area contributed by atoms with Gasteiger partial charge in [0.05, 0.1) is 24.9 Å². The minimum Gasteiger partial charge on any atom is -0.497 e. The van der Waals surface area contributed by atoms with Gasteiger partial charge in [-0.3, -0.25) is 25.5 Å². The zero-order chi connectivity index (χ0) is 24.2. The fourth-order valence-electron chi connectivity index (χ4n) is 4.24. The maximum absolute atomic E-state index is 12.9. The quantitative estimate of drug-likeness (QED) is 0.339. The summed E-state index contributed by atoms with van der Waals surface area (Å²) in [5.74, 6) is 0.427. The van der Waals surface area contributed by atoms with E-state index in [1.54, 1.807) is 32.2 Å². The van der Waals surface area contributed by atoms with Gasteiger partial charge in [0.1, 0.15) is 29.6 Å². The summed E-state index contributed by atoms with van der Waals surface area (Å²) in [5, 5.41) is 21.1. The smallest absolute Gasteiger partial charge is 0.308 e. The maximum atomic E-state index is 12.9. The molecule has 0 radical (unpaired) electrons. The number of hydrogen-bond donors (Lipinski definition) is 3. The van der Waals surface area contributed by atoms with Gasteiger partial charge < -0.3 is 14.8 Å². The monoisotopic (exact) mass is 481 g/mol. The average Bonchev–Trinajstić information content (AvgIpc) is 2.94. The number of hydrogen-bond acceptors (Lipinski definition) is 7. The van der Waals surface area contributed by atoms with E-state index in [1.807, 2.05) is 24.3 Å². The highest BCUT2D eigenvalue weighted by Gasteiger charge is 2.33. The van der Waals surface area contributed by atoms with Crippen molar-refractivity contribution in [2.75, 3.05) is 25.1 Å². The number of nitrogens with zero attached hydrogens (tertiary/aromatic N) is 2. The topological polar surface area (TPSA) is 111 Å². The molecular formula is C25H28ClN5O3. The molecule has 2 aliphatic rings. The average molecular weight is 482 g/mol. The van der Waals surface area contributed by atoms with Crippen molar-refractivity contribution in [3.63, 3.8) is 0 Å². The molecule has 2 aromatic carbocycles. The molecule has 2 aliphatic heterocycles.